The van der Waals surface area contributed by atoms with E-state index in [1.54, 1.807) is 99.6 Å². The van der Waals surface area contributed by atoms with Crippen LogP contribution in [0.2, 0.25) is 18.1 Å². The van der Waals surface area contributed by atoms with Crippen LogP contribution >= 0.6 is 0 Å². The first-order valence-electron chi connectivity index (χ1n) is 22.5. The second-order valence-corrected chi connectivity index (χ2v) is 25.4. The van der Waals surface area contributed by atoms with Crippen LogP contribution < -0.4 is 5.32 Å². The van der Waals surface area contributed by atoms with Crippen LogP contribution in [-0.2, 0) is 37.8 Å². The number of ether oxygens (including phenoxy) is 4. The summed E-state index contributed by atoms with van der Waals surface area (Å²) in [5.74, 6) is -5.40. The summed E-state index contributed by atoms with van der Waals surface area (Å²) in [4.78, 5) is 72.0. The average molecular weight is 926 g/mol. The van der Waals surface area contributed by atoms with Crippen LogP contribution in [0.25, 0.3) is 0 Å². The Morgan fingerprint density at radius 3 is 1.95 bits per heavy atom. The minimum atomic E-state index is -2.89. The Morgan fingerprint density at radius 2 is 1.42 bits per heavy atom. The van der Waals surface area contributed by atoms with Gasteiger partial charge in [-0.1, -0.05) is 101 Å². The van der Waals surface area contributed by atoms with Crippen LogP contribution in [0.4, 0.5) is 0 Å². The number of rotatable bonds is 11. The van der Waals surface area contributed by atoms with Gasteiger partial charge in [0.15, 0.2) is 25.8 Å². The zero-order chi connectivity index (χ0) is 48.4. The fourth-order valence-electron chi connectivity index (χ4n) is 10.5. The van der Waals surface area contributed by atoms with Crippen LogP contribution in [0.1, 0.15) is 101 Å². The molecule has 354 valence electrons. The van der Waals surface area contributed by atoms with E-state index in [-0.39, 0.29) is 29.7 Å². The number of aliphatic hydroxyl groups excluding tert-OH is 2. The zero-order valence-corrected chi connectivity index (χ0v) is 40.3. The van der Waals surface area contributed by atoms with Gasteiger partial charge in [0.1, 0.15) is 30.0 Å². The summed E-state index contributed by atoms with van der Waals surface area (Å²) >= 11 is 0. The molecule has 11 atom stereocenters. The van der Waals surface area contributed by atoms with Crippen LogP contribution in [-0.4, -0.2) is 108 Å². The van der Waals surface area contributed by atoms with Gasteiger partial charge < -0.3 is 44.0 Å². The lowest BCUT2D eigenvalue weighted by Crippen LogP contribution is -2.81. The molecule has 2 saturated carbocycles. The molecule has 3 aromatic rings. The van der Waals surface area contributed by atoms with E-state index < -0.39 is 120 Å². The zero-order valence-electron chi connectivity index (χ0n) is 39.3. The van der Waals surface area contributed by atoms with E-state index in [1.165, 1.54) is 26.0 Å². The standard InChI is InChI=1S/C51H63NO13Si/c1-29-34(62-46(59)40(65-66(9,10)47(3,4)5)38(31-20-14-11-15-21-31)52-44(57)32-22-16-12-17-23-32)27-51(60)43(63-45(58)33-24-18-13-19-25-33)41-49(8,42(56)39(55)37(29)48(51,6)7)35(54)26-36-50(41,28-61-36)64-30(2)53/h11-25,34-36,38-41,43,54-55,60H,26-28H2,1-10H3,(H,52,57)/t34-,35-,36+,38-,39+,40+,41-,43-,49+,50-,51+/m0/s1. The van der Waals surface area contributed by atoms with Crippen molar-refractivity contribution in [1.82, 2.24) is 5.32 Å². The maximum atomic E-state index is 15.3. The maximum absolute atomic E-state index is 15.3. The van der Waals surface area contributed by atoms with Gasteiger partial charge in [0.25, 0.3) is 5.91 Å². The Balaban J connectivity index is 1.40. The number of carbonyl (C=O) groups excluding carboxylic acids is 5. The molecule has 0 radical (unpaired) electrons. The van der Waals surface area contributed by atoms with Gasteiger partial charge in [-0.3, -0.25) is 14.4 Å². The quantitative estimate of drug-likeness (QED) is 0.0734. The molecule has 3 aromatic carbocycles. The van der Waals surface area contributed by atoms with Gasteiger partial charge >= 0.3 is 17.9 Å². The van der Waals surface area contributed by atoms with Crippen molar-refractivity contribution in [3.8, 4) is 0 Å². The number of carbonyl (C=O) groups is 5. The minimum absolute atomic E-state index is 0.000871. The van der Waals surface area contributed by atoms with E-state index in [1.807, 2.05) is 33.9 Å². The highest BCUT2D eigenvalue weighted by atomic mass is 28.4. The largest absolute Gasteiger partial charge is 0.456 e. The molecule has 1 saturated heterocycles. The second kappa shape index (κ2) is 17.6. The molecule has 0 spiro atoms. The summed E-state index contributed by atoms with van der Waals surface area (Å²) < 4.78 is 32.0. The molecule has 15 heteroatoms. The van der Waals surface area contributed by atoms with Crippen molar-refractivity contribution in [2.45, 2.75) is 140 Å². The highest BCUT2D eigenvalue weighted by Gasteiger charge is 2.78. The Bertz CT molecular complexity index is 2380. The molecular formula is C51H63NO13Si. The summed E-state index contributed by atoms with van der Waals surface area (Å²) in [7, 11) is -2.89. The molecule has 14 nitrogen and oxygen atoms in total. The lowest BCUT2D eigenvalue weighted by molar-refractivity contribution is -0.346. The van der Waals surface area contributed by atoms with E-state index in [9.17, 15) is 29.7 Å². The van der Waals surface area contributed by atoms with Gasteiger partial charge in [-0.2, -0.15) is 0 Å². The molecule has 66 heavy (non-hydrogen) atoms. The first-order chi connectivity index (χ1) is 30.8. The third-order valence-corrected chi connectivity index (χ3v) is 19.9. The molecule has 2 bridgehead atoms. The number of Topliss-reactive ketones (excluding diaryl/α,β-unsaturated/α-hetero) is 1. The molecule has 1 amide bonds. The number of benzene rings is 3. The predicted molar refractivity (Wildman–Crippen MR) is 244 cm³/mol. The summed E-state index contributed by atoms with van der Waals surface area (Å²) in [6.45, 7) is 17.1. The van der Waals surface area contributed by atoms with Crippen molar-refractivity contribution < 1.29 is 62.7 Å². The lowest BCUT2D eigenvalue weighted by atomic mass is 9.44. The number of ketones is 1. The van der Waals surface area contributed by atoms with E-state index >= 15 is 9.59 Å². The van der Waals surface area contributed by atoms with Gasteiger partial charge in [-0.25, -0.2) is 9.59 Å². The van der Waals surface area contributed by atoms with Crippen molar-refractivity contribution in [1.29, 1.82) is 0 Å². The van der Waals surface area contributed by atoms with Crippen LogP contribution in [0.5, 0.6) is 0 Å². The van der Waals surface area contributed by atoms with Crippen molar-refractivity contribution in [2.24, 2.45) is 16.7 Å². The Kier molecular flexibility index (Phi) is 13.0. The van der Waals surface area contributed by atoms with E-state index in [4.69, 9.17) is 23.4 Å². The maximum Gasteiger partial charge on any atom is 0.338 e. The first-order valence-corrected chi connectivity index (χ1v) is 25.4. The van der Waals surface area contributed by atoms with Crippen molar-refractivity contribution in [3.63, 3.8) is 0 Å². The van der Waals surface area contributed by atoms with Gasteiger partial charge in [0, 0.05) is 30.7 Å². The van der Waals surface area contributed by atoms with Crippen molar-refractivity contribution in [3.05, 3.63) is 119 Å². The Morgan fingerprint density at radius 1 is 0.864 bits per heavy atom. The summed E-state index contributed by atoms with van der Waals surface area (Å²) in [5.41, 5.74) is -6.43. The smallest absolute Gasteiger partial charge is 0.338 e. The molecule has 1 heterocycles. The lowest BCUT2D eigenvalue weighted by Gasteiger charge is -2.67. The van der Waals surface area contributed by atoms with Gasteiger partial charge in [-0.15, -0.1) is 0 Å². The molecule has 3 aliphatic carbocycles. The number of amides is 1. The molecular weight excluding hydrogens is 863 g/mol. The predicted octanol–water partition coefficient (Wildman–Crippen LogP) is 6.19. The number of esters is 3. The van der Waals surface area contributed by atoms with Crippen molar-refractivity contribution >= 4 is 37.9 Å². The fraction of sp³-hybridized carbons (Fsp3) is 0.510. The van der Waals surface area contributed by atoms with Gasteiger partial charge in [0.2, 0.25) is 0 Å². The molecule has 1 aliphatic heterocycles. The van der Waals surface area contributed by atoms with E-state index in [0.717, 1.165) is 0 Å². The summed E-state index contributed by atoms with van der Waals surface area (Å²) in [5, 5.41) is 40.9. The third kappa shape index (κ3) is 8.15. The number of hydrogen-bond donors (Lipinski definition) is 4. The molecule has 0 unspecified atom stereocenters. The van der Waals surface area contributed by atoms with Gasteiger partial charge in [0.05, 0.1) is 35.6 Å². The topological polar surface area (TPSA) is 204 Å². The normalized spacial score (nSPS) is 31.3. The van der Waals surface area contributed by atoms with Gasteiger partial charge in [-0.05, 0) is 73.0 Å². The molecule has 4 N–H and O–H groups in total. The number of hydrogen-bond acceptors (Lipinski definition) is 13. The van der Waals surface area contributed by atoms with Crippen molar-refractivity contribution in [2.75, 3.05) is 6.61 Å². The fourth-order valence-corrected chi connectivity index (χ4v) is 11.8. The third-order valence-electron chi connectivity index (χ3n) is 15.4. The second-order valence-electron chi connectivity index (χ2n) is 20.6. The first kappa shape index (κ1) is 48.9. The summed E-state index contributed by atoms with van der Waals surface area (Å²) in [6, 6.07) is 24.3. The Hall–Kier alpha value is -5.03. The number of nitrogens with one attached hydrogen (secondary N) is 1. The van der Waals surface area contributed by atoms with Crippen LogP contribution in [0.15, 0.2) is 102 Å². The average Bonchev–Trinajstić information content (AvgIpc) is 3.26. The highest BCUT2D eigenvalue weighted by Crippen LogP contribution is 2.64. The number of aliphatic hydroxyl groups is 3. The van der Waals surface area contributed by atoms with E-state index in [0.29, 0.717) is 11.1 Å². The SMILES string of the molecule is CC(=O)O[C@@]12CO[C@@H]1C[C@H](O)[C@@]1(C)C(=O)[C@H](O)C3=C(C)[C@@H](OC(=O)[C@H](O[Si](C)(C)C(C)(C)C)[C@@H](NC(=O)c4ccccc4)c4ccccc4)C[C@@](O)([C@@H](OC(=O)c4ccccc4)[C@H]21)C3(C)C. The molecule has 7 rings (SSSR count). The highest BCUT2D eigenvalue weighted by molar-refractivity contribution is 6.74. The van der Waals surface area contributed by atoms with Crippen LogP contribution in [0, 0.1) is 16.7 Å². The molecule has 3 fully saturated rings. The summed E-state index contributed by atoms with van der Waals surface area (Å²) in [6.07, 6.45) is -9.76. The molecule has 0 aromatic heterocycles. The molecule has 4 aliphatic rings. The monoisotopic (exact) mass is 925 g/mol. The minimum Gasteiger partial charge on any atom is -0.456 e. The van der Waals surface area contributed by atoms with E-state index in [2.05, 4.69) is 5.32 Å². The number of fused-ring (bicyclic) bond motifs is 5. The Labute approximate surface area is 387 Å². The van der Waals surface area contributed by atoms with Crippen LogP contribution in [0.3, 0.4) is 0 Å².